The Labute approximate surface area is 134 Å². The van der Waals surface area contributed by atoms with Gasteiger partial charge in [-0.15, -0.1) is 0 Å². The molecule has 0 spiro atoms. The van der Waals surface area contributed by atoms with Crippen LogP contribution in [0.4, 0.5) is 5.69 Å². The molecule has 0 saturated carbocycles. The number of carbonyl (C=O) groups is 2. The highest BCUT2D eigenvalue weighted by molar-refractivity contribution is 5.99. The maximum atomic E-state index is 12.3. The van der Waals surface area contributed by atoms with Crippen molar-refractivity contribution >= 4 is 17.5 Å². The van der Waals surface area contributed by atoms with Crippen LogP contribution >= 0.6 is 0 Å². The molecule has 5 nitrogen and oxygen atoms in total. The van der Waals surface area contributed by atoms with Crippen molar-refractivity contribution in [3.63, 3.8) is 0 Å². The molecule has 1 heterocycles. The number of carbonyl (C=O) groups excluding carboxylic acids is 2. The second-order valence-corrected chi connectivity index (χ2v) is 5.91. The number of benzene rings is 2. The summed E-state index contributed by atoms with van der Waals surface area (Å²) in [7, 11) is 0. The van der Waals surface area contributed by atoms with Crippen LogP contribution in [0.5, 0.6) is 11.5 Å². The first kappa shape index (κ1) is 15.1. The molecule has 1 aliphatic rings. The first-order valence-electron chi connectivity index (χ1n) is 7.46. The van der Waals surface area contributed by atoms with E-state index in [-0.39, 0.29) is 18.2 Å². The van der Waals surface area contributed by atoms with Gasteiger partial charge in [-0.05, 0) is 43.3 Å². The van der Waals surface area contributed by atoms with Gasteiger partial charge in [-0.2, -0.15) is 0 Å². The number of amides is 2. The normalized spacial score (nSPS) is 20.0. The van der Waals surface area contributed by atoms with Gasteiger partial charge in [0.1, 0.15) is 11.5 Å². The molecule has 0 aliphatic carbocycles. The van der Waals surface area contributed by atoms with Crippen LogP contribution in [0.25, 0.3) is 0 Å². The molecule has 23 heavy (non-hydrogen) atoms. The summed E-state index contributed by atoms with van der Waals surface area (Å²) in [5.74, 6) is 1.20. The second kappa shape index (κ2) is 6.12. The van der Waals surface area contributed by atoms with Crippen molar-refractivity contribution in [1.82, 2.24) is 5.32 Å². The van der Waals surface area contributed by atoms with Gasteiger partial charge in [-0.1, -0.05) is 18.2 Å². The van der Waals surface area contributed by atoms with Gasteiger partial charge in [-0.25, -0.2) is 0 Å². The molecule has 1 aliphatic heterocycles. The quantitative estimate of drug-likeness (QED) is 0.912. The number of ether oxygens (including phenoxy) is 1. The van der Waals surface area contributed by atoms with E-state index in [0.717, 1.165) is 5.75 Å². The maximum Gasteiger partial charge on any atom is 0.232 e. The lowest BCUT2D eigenvalue weighted by atomic mass is 9.88. The predicted octanol–water partition coefficient (Wildman–Crippen LogP) is 2.94. The van der Waals surface area contributed by atoms with Gasteiger partial charge < -0.3 is 15.4 Å². The Morgan fingerprint density at radius 1 is 1.09 bits per heavy atom. The number of rotatable bonds is 4. The smallest absolute Gasteiger partial charge is 0.232 e. The lowest BCUT2D eigenvalue weighted by Crippen LogP contribution is -2.35. The first-order valence-corrected chi connectivity index (χ1v) is 7.46. The van der Waals surface area contributed by atoms with Crippen molar-refractivity contribution < 1.29 is 14.3 Å². The highest BCUT2D eigenvalue weighted by Crippen LogP contribution is 2.28. The zero-order chi connectivity index (χ0) is 16.3. The highest BCUT2D eigenvalue weighted by Gasteiger charge is 2.40. The van der Waals surface area contributed by atoms with Gasteiger partial charge in [0.05, 0.1) is 5.41 Å². The molecule has 0 radical (unpaired) electrons. The van der Waals surface area contributed by atoms with E-state index in [1.807, 2.05) is 30.3 Å². The van der Waals surface area contributed by atoms with Crippen LogP contribution in [0.15, 0.2) is 54.6 Å². The minimum Gasteiger partial charge on any atom is -0.457 e. The number of hydrogen-bond acceptors (Lipinski definition) is 3. The summed E-state index contributed by atoms with van der Waals surface area (Å²) in [5.41, 5.74) is -0.0213. The zero-order valence-corrected chi connectivity index (χ0v) is 12.8. The van der Waals surface area contributed by atoms with E-state index in [4.69, 9.17) is 4.74 Å². The Kier molecular flexibility index (Phi) is 4.02. The van der Waals surface area contributed by atoms with Gasteiger partial charge >= 0.3 is 0 Å². The molecule has 1 atom stereocenters. The fourth-order valence-electron chi connectivity index (χ4n) is 2.45. The Hall–Kier alpha value is -2.82. The summed E-state index contributed by atoms with van der Waals surface area (Å²) < 4.78 is 5.70. The van der Waals surface area contributed by atoms with Crippen molar-refractivity contribution in [1.29, 1.82) is 0 Å². The molecule has 5 heteroatoms. The molecule has 1 fully saturated rings. The van der Waals surface area contributed by atoms with Crippen LogP contribution < -0.4 is 15.4 Å². The molecule has 2 N–H and O–H groups in total. The molecule has 3 rings (SSSR count). The van der Waals surface area contributed by atoms with Crippen LogP contribution in [-0.2, 0) is 9.59 Å². The minimum absolute atomic E-state index is 0.0886. The van der Waals surface area contributed by atoms with Crippen LogP contribution in [0.3, 0.4) is 0 Å². The fourth-order valence-corrected chi connectivity index (χ4v) is 2.45. The second-order valence-electron chi connectivity index (χ2n) is 5.91. The van der Waals surface area contributed by atoms with Gasteiger partial charge in [-0.3, -0.25) is 9.59 Å². The number of anilines is 1. The summed E-state index contributed by atoms with van der Waals surface area (Å²) in [5, 5.41) is 5.54. The Morgan fingerprint density at radius 3 is 2.35 bits per heavy atom. The van der Waals surface area contributed by atoms with Crippen molar-refractivity contribution in [3.8, 4) is 11.5 Å². The van der Waals surface area contributed by atoms with Crippen molar-refractivity contribution in [3.05, 3.63) is 54.6 Å². The predicted molar refractivity (Wildman–Crippen MR) is 87.3 cm³/mol. The summed E-state index contributed by atoms with van der Waals surface area (Å²) in [4.78, 5) is 23.6. The number of nitrogens with one attached hydrogen (secondary N) is 2. The van der Waals surface area contributed by atoms with Gasteiger partial charge in [0, 0.05) is 18.7 Å². The number of hydrogen-bond donors (Lipinski definition) is 2. The molecule has 2 amide bonds. The minimum atomic E-state index is -0.698. The fraction of sp³-hybridized carbons (Fsp3) is 0.222. The van der Waals surface area contributed by atoms with Gasteiger partial charge in [0.2, 0.25) is 11.8 Å². The largest absolute Gasteiger partial charge is 0.457 e. The van der Waals surface area contributed by atoms with E-state index >= 15 is 0 Å². The topological polar surface area (TPSA) is 67.4 Å². The molecule has 1 saturated heterocycles. The monoisotopic (exact) mass is 310 g/mol. The Morgan fingerprint density at radius 2 is 1.74 bits per heavy atom. The summed E-state index contributed by atoms with van der Waals surface area (Å²) in [6.07, 6.45) is 0.216. The standard InChI is InChI=1S/C18H18N2O3/c1-18(11-16(21)19-12-18)17(22)20-13-7-9-15(10-8-13)23-14-5-3-2-4-6-14/h2-10H,11-12H2,1H3,(H,19,21)(H,20,22). The van der Waals surface area contributed by atoms with Crippen molar-refractivity contribution in [2.24, 2.45) is 5.41 Å². The molecule has 0 aromatic heterocycles. The molecule has 118 valence electrons. The lowest BCUT2D eigenvalue weighted by molar-refractivity contribution is -0.126. The third kappa shape index (κ3) is 3.51. The maximum absolute atomic E-state index is 12.3. The Balaban J connectivity index is 1.63. The average molecular weight is 310 g/mol. The lowest BCUT2D eigenvalue weighted by Gasteiger charge is -2.20. The van der Waals surface area contributed by atoms with E-state index < -0.39 is 5.41 Å². The summed E-state index contributed by atoms with van der Waals surface area (Å²) >= 11 is 0. The Bertz CT molecular complexity index is 713. The molecule has 1 unspecified atom stereocenters. The third-order valence-corrected chi connectivity index (χ3v) is 3.87. The van der Waals surface area contributed by atoms with Crippen LogP contribution in [0, 0.1) is 5.41 Å². The van der Waals surface area contributed by atoms with Crippen molar-refractivity contribution in [2.75, 3.05) is 11.9 Å². The molecular formula is C18H18N2O3. The van der Waals surface area contributed by atoms with Gasteiger partial charge in [0.15, 0.2) is 0 Å². The SMILES string of the molecule is CC1(C(=O)Nc2ccc(Oc3ccccc3)cc2)CNC(=O)C1. The first-order chi connectivity index (χ1) is 11.0. The van der Waals surface area contributed by atoms with E-state index in [0.29, 0.717) is 18.0 Å². The zero-order valence-electron chi connectivity index (χ0n) is 12.8. The van der Waals surface area contributed by atoms with Gasteiger partial charge in [0.25, 0.3) is 0 Å². The van der Waals surface area contributed by atoms with E-state index in [1.165, 1.54) is 0 Å². The third-order valence-electron chi connectivity index (χ3n) is 3.87. The summed E-state index contributed by atoms with van der Waals surface area (Å²) in [6, 6.07) is 16.6. The van der Waals surface area contributed by atoms with Crippen molar-refractivity contribution in [2.45, 2.75) is 13.3 Å². The van der Waals surface area contributed by atoms with Crippen LogP contribution in [0.2, 0.25) is 0 Å². The number of para-hydroxylation sites is 1. The van der Waals surface area contributed by atoms with Crippen LogP contribution in [-0.4, -0.2) is 18.4 Å². The van der Waals surface area contributed by atoms with Crippen LogP contribution in [0.1, 0.15) is 13.3 Å². The molecule has 0 bridgehead atoms. The average Bonchev–Trinajstić information content (AvgIpc) is 2.91. The molecule has 2 aromatic rings. The van der Waals surface area contributed by atoms with E-state index in [9.17, 15) is 9.59 Å². The van der Waals surface area contributed by atoms with E-state index in [1.54, 1.807) is 31.2 Å². The highest BCUT2D eigenvalue weighted by atomic mass is 16.5. The molecular weight excluding hydrogens is 292 g/mol. The summed E-state index contributed by atoms with van der Waals surface area (Å²) in [6.45, 7) is 2.15. The van der Waals surface area contributed by atoms with E-state index in [2.05, 4.69) is 10.6 Å². The molecule has 2 aromatic carbocycles.